The number of carboxylic acids is 1. The van der Waals surface area contributed by atoms with Crippen LogP contribution >= 0.6 is 11.6 Å². The van der Waals surface area contributed by atoms with Gasteiger partial charge in [0, 0.05) is 18.7 Å². The molecule has 0 saturated carbocycles. The van der Waals surface area contributed by atoms with E-state index in [1.54, 1.807) is 12.1 Å². The van der Waals surface area contributed by atoms with Crippen molar-refractivity contribution >= 4 is 23.6 Å². The average Bonchev–Trinajstić information content (AvgIpc) is 2.43. The molecule has 0 bridgehead atoms. The summed E-state index contributed by atoms with van der Waals surface area (Å²) < 4.78 is 4.98. The van der Waals surface area contributed by atoms with E-state index >= 15 is 0 Å². The van der Waals surface area contributed by atoms with Gasteiger partial charge in [-0.25, -0.2) is 4.79 Å². The van der Waals surface area contributed by atoms with Gasteiger partial charge in [0.15, 0.2) is 0 Å². The summed E-state index contributed by atoms with van der Waals surface area (Å²) in [5, 5.41) is 14.6. The first-order chi connectivity index (χ1) is 9.92. The maximum Gasteiger partial charge on any atom is 0.315 e. The number of hydrogen-bond donors (Lipinski definition) is 3. The summed E-state index contributed by atoms with van der Waals surface area (Å²) in [6.07, 6.45) is -0.726. The summed E-state index contributed by atoms with van der Waals surface area (Å²) in [6, 6.07) is 6.59. The predicted octanol–water partition coefficient (Wildman–Crippen LogP) is 2.19. The number of halogens is 1. The fraction of sp³-hybridized carbons (Fsp3) is 0.429. The molecule has 6 nitrogen and oxygen atoms in total. The molecule has 116 valence electrons. The van der Waals surface area contributed by atoms with Crippen LogP contribution in [0.2, 0.25) is 5.02 Å². The summed E-state index contributed by atoms with van der Waals surface area (Å²) in [5.41, 5.74) is 0.881. The van der Waals surface area contributed by atoms with Crippen molar-refractivity contribution in [2.24, 2.45) is 0 Å². The van der Waals surface area contributed by atoms with Crippen LogP contribution in [0, 0.1) is 0 Å². The lowest BCUT2D eigenvalue weighted by Crippen LogP contribution is -2.41. The first kappa shape index (κ1) is 17.3. The first-order valence-electron chi connectivity index (χ1n) is 6.46. The molecule has 2 atom stereocenters. The van der Waals surface area contributed by atoms with Crippen molar-refractivity contribution in [3.63, 3.8) is 0 Å². The second-order valence-corrected chi connectivity index (χ2v) is 5.02. The first-order valence-corrected chi connectivity index (χ1v) is 6.84. The van der Waals surface area contributed by atoms with Crippen LogP contribution in [-0.4, -0.2) is 36.9 Å². The van der Waals surface area contributed by atoms with Gasteiger partial charge in [-0.2, -0.15) is 0 Å². The second kappa shape index (κ2) is 8.49. The number of hydrogen-bond acceptors (Lipinski definition) is 3. The number of benzene rings is 1. The minimum absolute atomic E-state index is 0.122. The summed E-state index contributed by atoms with van der Waals surface area (Å²) >= 11 is 5.89. The maximum absolute atomic E-state index is 11.8. The predicted molar refractivity (Wildman–Crippen MR) is 79.5 cm³/mol. The number of carboxylic acid groups (broad SMARTS) is 1. The van der Waals surface area contributed by atoms with Crippen LogP contribution in [0.5, 0.6) is 0 Å². The molecule has 0 fully saturated rings. The molecular weight excluding hydrogens is 296 g/mol. The lowest BCUT2D eigenvalue weighted by molar-refractivity contribution is -0.139. The highest BCUT2D eigenvalue weighted by atomic mass is 35.5. The number of methoxy groups -OCH3 is 1. The number of ether oxygens (including phenoxy) is 1. The molecule has 0 aliphatic rings. The van der Waals surface area contributed by atoms with E-state index in [1.807, 2.05) is 19.1 Å². The molecule has 1 aromatic carbocycles. The van der Waals surface area contributed by atoms with E-state index < -0.39 is 18.1 Å². The van der Waals surface area contributed by atoms with E-state index in [2.05, 4.69) is 10.6 Å². The Labute approximate surface area is 128 Å². The largest absolute Gasteiger partial charge is 0.481 e. The fourth-order valence-electron chi connectivity index (χ4n) is 1.75. The van der Waals surface area contributed by atoms with Crippen molar-refractivity contribution in [2.45, 2.75) is 25.5 Å². The third-order valence-corrected chi connectivity index (χ3v) is 3.16. The van der Waals surface area contributed by atoms with Crippen LogP contribution in [0.25, 0.3) is 0 Å². The molecule has 1 rings (SSSR count). The van der Waals surface area contributed by atoms with Gasteiger partial charge in [0.2, 0.25) is 0 Å². The van der Waals surface area contributed by atoms with Crippen LogP contribution in [-0.2, 0) is 9.53 Å². The number of aliphatic carboxylic acids is 1. The Balaban J connectivity index is 2.44. The van der Waals surface area contributed by atoms with E-state index in [0.29, 0.717) is 5.02 Å². The number of amides is 2. The number of rotatable bonds is 7. The minimum Gasteiger partial charge on any atom is -0.481 e. The van der Waals surface area contributed by atoms with Crippen molar-refractivity contribution in [3.8, 4) is 0 Å². The number of carbonyl (C=O) groups is 2. The van der Waals surface area contributed by atoms with Gasteiger partial charge in [0.25, 0.3) is 0 Å². The van der Waals surface area contributed by atoms with Crippen LogP contribution in [0.4, 0.5) is 4.79 Å². The van der Waals surface area contributed by atoms with Gasteiger partial charge in [0.05, 0.1) is 18.6 Å². The summed E-state index contributed by atoms with van der Waals surface area (Å²) in [7, 11) is 1.40. The van der Waals surface area contributed by atoms with Crippen LogP contribution in [0.15, 0.2) is 24.3 Å². The third-order valence-electron chi connectivity index (χ3n) is 2.92. The summed E-state index contributed by atoms with van der Waals surface area (Å²) in [4.78, 5) is 22.3. The van der Waals surface area contributed by atoms with Crippen molar-refractivity contribution < 1.29 is 19.4 Å². The Morgan fingerprint density at radius 1 is 1.43 bits per heavy atom. The molecule has 2 unspecified atom stereocenters. The summed E-state index contributed by atoms with van der Waals surface area (Å²) in [5.74, 6) is -0.976. The highest BCUT2D eigenvalue weighted by molar-refractivity contribution is 6.30. The number of nitrogens with one attached hydrogen (secondary N) is 2. The van der Waals surface area contributed by atoms with Crippen LogP contribution < -0.4 is 10.6 Å². The molecule has 0 saturated heterocycles. The average molecular weight is 315 g/mol. The third kappa shape index (κ3) is 6.46. The Kier molecular flexibility index (Phi) is 6.98. The van der Waals surface area contributed by atoms with E-state index in [1.165, 1.54) is 7.11 Å². The lowest BCUT2D eigenvalue weighted by atomic mass is 10.1. The molecule has 0 heterocycles. The minimum atomic E-state index is -0.976. The Morgan fingerprint density at radius 3 is 2.71 bits per heavy atom. The molecule has 2 amide bonds. The highest BCUT2D eigenvalue weighted by Gasteiger charge is 2.15. The molecule has 0 aromatic heterocycles. The zero-order valence-corrected chi connectivity index (χ0v) is 12.7. The van der Waals surface area contributed by atoms with Crippen molar-refractivity contribution in [2.75, 3.05) is 13.7 Å². The van der Waals surface area contributed by atoms with Gasteiger partial charge in [0.1, 0.15) is 0 Å². The molecule has 21 heavy (non-hydrogen) atoms. The zero-order valence-electron chi connectivity index (χ0n) is 11.9. The Bertz CT molecular complexity index is 496. The Hall–Kier alpha value is -1.79. The normalized spacial score (nSPS) is 13.3. The van der Waals surface area contributed by atoms with Crippen LogP contribution in [0.3, 0.4) is 0 Å². The monoisotopic (exact) mass is 314 g/mol. The van der Waals surface area contributed by atoms with E-state index in [4.69, 9.17) is 21.4 Å². The molecule has 0 aliphatic carbocycles. The van der Waals surface area contributed by atoms with Gasteiger partial charge < -0.3 is 20.5 Å². The van der Waals surface area contributed by atoms with E-state index in [9.17, 15) is 9.59 Å². The van der Waals surface area contributed by atoms with Crippen LogP contribution in [0.1, 0.15) is 24.9 Å². The van der Waals surface area contributed by atoms with Gasteiger partial charge in [-0.05, 0) is 24.6 Å². The molecule has 1 aromatic rings. The molecule has 0 aliphatic heterocycles. The second-order valence-electron chi connectivity index (χ2n) is 4.59. The highest BCUT2D eigenvalue weighted by Crippen LogP contribution is 2.17. The molecule has 7 heteroatoms. The summed E-state index contributed by atoms with van der Waals surface area (Å²) in [6.45, 7) is 1.95. The van der Waals surface area contributed by atoms with Gasteiger partial charge in [-0.15, -0.1) is 0 Å². The van der Waals surface area contributed by atoms with Gasteiger partial charge in [-0.1, -0.05) is 23.7 Å². The topological polar surface area (TPSA) is 87.7 Å². The van der Waals surface area contributed by atoms with Crippen molar-refractivity contribution in [3.05, 3.63) is 34.9 Å². The Morgan fingerprint density at radius 2 is 2.14 bits per heavy atom. The quantitative estimate of drug-likeness (QED) is 0.720. The lowest BCUT2D eigenvalue weighted by Gasteiger charge is -2.18. The van der Waals surface area contributed by atoms with Crippen molar-refractivity contribution in [1.82, 2.24) is 10.6 Å². The zero-order chi connectivity index (χ0) is 15.8. The fourth-order valence-corrected chi connectivity index (χ4v) is 1.95. The molecule has 3 N–H and O–H groups in total. The van der Waals surface area contributed by atoms with E-state index in [-0.39, 0.29) is 19.0 Å². The molecular formula is C14H19ClN2O4. The maximum atomic E-state index is 11.8. The SMILES string of the molecule is COC(CNC(=O)NC(C)c1cccc(Cl)c1)CC(=O)O. The van der Waals surface area contributed by atoms with Gasteiger partial charge >= 0.3 is 12.0 Å². The molecule has 0 radical (unpaired) electrons. The number of carbonyl (C=O) groups excluding carboxylic acids is 1. The number of urea groups is 1. The molecule has 0 spiro atoms. The van der Waals surface area contributed by atoms with Crippen molar-refractivity contribution in [1.29, 1.82) is 0 Å². The van der Waals surface area contributed by atoms with E-state index in [0.717, 1.165) is 5.56 Å². The smallest absolute Gasteiger partial charge is 0.315 e. The van der Waals surface area contributed by atoms with Gasteiger partial charge in [-0.3, -0.25) is 4.79 Å². The standard InChI is InChI=1S/C14H19ClN2O4/c1-9(10-4-3-5-11(15)6-10)17-14(20)16-8-12(21-2)7-13(18)19/h3-6,9,12H,7-8H2,1-2H3,(H,18,19)(H2,16,17,20).